The zero-order valence-electron chi connectivity index (χ0n) is 8.90. The molecule has 1 aromatic rings. The molecule has 84 valence electrons. The number of methoxy groups -OCH3 is 1. The number of rotatable bonds is 1. The molecule has 1 aliphatic heterocycles. The van der Waals surface area contributed by atoms with Crippen LogP contribution in [0.15, 0.2) is 21.4 Å². The van der Waals surface area contributed by atoms with Gasteiger partial charge in [0.25, 0.3) is 0 Å². The molecule has 0 aromatic carbocycles. The van der Waals surface area contributed by atoms with E-state index in [1.54, 1.807) is 13.0 Å². The van der Waals surface area contributed by atoms with E-state index in [4.69, 9.17) is 13.9 Å². The lowest BCUT2D eigenvalue weighted by atomic mass is 10.1. The Hall–Kier alpha value is -2.04. The topological polar surface area (TPSA) is 65.7 Å². The molecule has 0 N–H and O–H groups in total. The molecule has 0 aliphatic carbocycles. The van der Waals surface area contributed by atoms with Crippen LogP contribution in [0.4, 0.5) is 0 Å². The van der Waals surface area contributed by atoms with Crippen molar-refractivity contribution in [1.82, 2.24) is 0 Å². The largest absolute Gasteiger partial charge is 0.495 e. The van der Waals surface area contributed by atoms with Crippen LogP contribution in [0.3, 0.4) is 0 Å². The number of carbonyl (C=O) groups is 1. The van der Waals surface area contributed by atoms with Crippen molar-refractivity contribution in [3.63, 3.8) is 0 Å². The number of hydrogen-bond donors (Lipinski definition) is 0. The van der Waals surface area contributed by atoms with Crippen LogP contribution in [-0.2, 0) is 4.74 Å². The molecule has 16 heavy (non-hydrogen) atoms. The van der Waals surface area contributed by atoms with E-state index in [2.05, 4.69) is 0 Å². The van der Waals surface area contributed by atoms with E-state index in [-0.39, 0.29) is 23.7 Å². The lowest BCUT2D eigenvalue weighted by molar-refractivity contribution is 0.0529. The molecule has 0 saturated heterocycles. The first-order chi connectivity index (χ1) is 7.67. The van der Waals surface area contributed by atoms with Gasteiger partial charge in [-0.2, -0.15) is 0 Å². The molecule has 0 saturated carbocycles. The van der Waals surface area contributed by atoms with Crippen LogP contribution in [-0.4, -0.2) is 19.7 Å². The van der Waals surface area contributed by atoms with Gasteiger partial charge in [-0.3, -0.25) is 0 Å². The molecular weight excluding hydrogens is 212 g/mol. The van der Waals surface area contributed by atoms with Gasteiger partial charge in [-0.1, -0.05) is 6.08 Å². The number of hydrogen-bond acceptors (Lipinski definition) is 5. The van der Waals surface area contributed by atoms with E-state index in [1.165, 1.54) is 7.11 Å². The summed E-state index contributed by atoms with van der Waals surface area (Å²) in [7, 11) is 1.38. The van der Waals surface area contributed by atoms with Crippen molar-refractivity contribution in [2.75, 3.05) is 13.7 Å². The highest BCUT2D eigenvalue weighted by Gasteiger charge is 2.29. The normalized spacial score (nSPS) is 16.9. The van der Waals surface area contributed by atoms with E-state index in [0.717, 1.165) is 6.07 Å². The molecule has 0 spiro atoms. The van der Waals surface area contributed by atoms with Crippen molar-refractivity contribution in [3.8, 4) is 5.75 Å². The molecule has 0 radical (unpaired) electrons. The molecule has 5 nitrogen and oxygen atoms in total. The average Bonchev–Trinajstić information content (AvgIpc) is 2.28. The fourth-order valence-electron chi connectivity index (χ4n) is 1.55. The van der Waals surface area contributed by atoms with Gasteiger partial charge in [-0.25, -0.2) is 9.59 Å². The Balaban J connectivity index is 2.77. The highest BCUT2D eigenvalue weighted by molar-refractivity contribution is 5.99. The summed E-state index contributed by atoms with van der Waals surface area (Å²) < 4.78 is 14.9. The zero-order chi connectivity index (χ0) is 11.7. The Morgan fingerprint density at radius 2 is 2.19 bits per heavy atom. The van der Waals surface area contributed by atoms with Gasteiger partial charge in [0.2, 0.25) is 0 Å². The minimum Gasteiger partial charge on any atom is -0.495 e. The summed E-state index contributed by atoms with van der Waals surface area (Å²) in [5, 5.41) is 0. The second-order valence-electron chi connectivity index (χ2n) is 3.23. The molecule has 0 amide bonds. The summed E-state index contributed by atoms with van der Waals surface area (Å²) in [6.07, 6.45) is 1.73. The molecule has 2 heterocycles. The van der Waals surface area contributed by atoms with E-state index in [9.17, 15) is 9.59 Å². The first kappa shape index (κ1) is 10.5. The number of carbonyl (C=O) groups excluding carboxylic acids is 1. The van der Waals surface area contributed by atoms with Crippen molar-refractivity contribution < 1.29 is 18.7 Å². The molecule has 0 unspecified atom stereocenters. The Labute approximate surface area is 91.3 Å². The van der Waals surface area contributed by atoms with Crippen molar-refractivity contribution in [3.05, 3.63) is 33.9 Å². The third kappa shape index (κ3) is 1.50. The highest BCUT2D eigenvalue weighted by Crippen LogP contribution is 2.30. The number of allylic oxidation sites excluding steroid dienone is 1. The quantitative estimate of drug-likeness (QED) is 0.668. The Bertz CT molecular complexity index is 524. The van der Waals surface area contributed by atoms with Gasteiger partial charge in [0.05, 0.1) is 13.2 Å². The molecule has 1 aromatic heterocycles. The predicted molar refractivity (Wildman–Crippen MR) is 55.5 cm³/mol. The number of ether oxygens (including phenoxy) is 2. The van der Waals surface area contributed by atoms with Gasteiger partial charge in [0.15, 0.2) is 5.76 Å². The van der Waals surface area contributed by atoms with Crippen molar-refractivity contribution in [2.24, 2.45) is 0 Å². The summed E-state index contributed by atoms with van der Waals surface area (Å²) in [6.45, 7) is 1.89. The molecular formula is C11H10O5. The van der Waals surface area contributed by atoms with Gasteiger partial charge >= 0.3 is 11.6 Å². The van der Waals surface area contributed by atoms with Gasteiger partial charge in [-0.05, 0) is 6.92 Å². The molecule has 1 aliphatic rings. The van der Waals surface area contributed by atoms with Crippen LogP contribution in [0, 0.1) is 0 Å². The molecule has 2 rings (SSSR count). The van der Waals surface area contributed by atoms with Crippen molar-refractivity contribution >= 4 is 11.5 Å². The number of fused-ring (bicyclic) bond motifs is 1. The Kier molecular flexibility index (Phi) is 2.52. The van der Waals surface area contributed by atoms with E-state index < -0.39 is 11.6 Å². The molecule has 0 atom stereocenters. The van der Waals surface area contributed by atoms with Gasteiger partial charge in [-0.15, -0.1) is 0 Å². The predicted octanol–water partition coefficient (Wildman–Crippen LogP) is 1.22. The minimum atomic E-state index is -0.551. The first-order valence-corrected chi connectivity index (χ1v) is 4.72. The third-order valence-electron chi connectivity index (χ3n) is 2.35. The second-order valence-corrected chi connectivity index (χ2v) is 3.23. The van der Waals surface area contributed by atoms with E-state index in [0.29, 0.717) is 5.57 Å². The summed E-state index contributed by atoms with van der Waals surface area (Å²) >= 11 is 0. The van der Waals surface area contributed by atoms with Crippen molar-refractivity contribution in [1.29, 1.82) is 0 Å². The maximum Gasteiger partial charge on any atom is 0.346 e. The fraction of sp³-hybridized carbons (Fsp3) is 0.273. The molecule has 0 fully saturated rings. The highest BCUT2D eigenvalue weighted by atomic mass is 16.5. The maximum atomic E-state index is 11.5. The summed E-state index contributed by atoms with van der Waals surface area (Å²) in [5.74, 6) is -0.125. The monoisotopic (exact) mass is 222 g/mol. The lowest BCUT2D eigenvalue weighted by Gasteiger charge is -2.18. The van der Waals surface area contributed by atoms with Crippen LogP contribution in [0.1, 0.15) is 23.0 Å². The smallest absolute Gasteiger partial charge is 0.346 e. The Morgan fingerprint density at radius 3 is 2.81 bits per heavy atom. The molecule has 5 heteroatoms. The van der Waals surface area contributed by atoms with Crippen LogP contribution >= 0.6 is 0 Å². The first-order valence-electron chi connectivity index (χ1n) is 4.72. The lowest BCUT2D eigenvalue weighted by Crippen LogP contribution is -2.20. The van der Waals surface area contributed by atoms with Gasteiger partial charge in [0.1, 0.15) is 17.9 Å². The zero-order valence-corrected chi connectivity index (χ0v) is 8.90. The summed E-state index contributed by atoms with van der Waals surface area (Å²) in [5.41, 5.74) is 0.275. The van der Waals surface area contributed by atoms with Crippen LogP contribution in [0.25, 0.3) is 5.57 Å². The minimum absolute atomic E-state index is 0.110. The van der Waals surface area contributed by atoms with Crippen LogP contribution in [0.2, 0.25) is 0 Å². The SMILES string of the molecule is CC=C1COC(=O)c2c(OC)cc(=O)oc21. The standard InChI is InChI=1S/C11H10O5/c1-3-6-5-15-11(13)9-7(14-2)4-8(12)16-10(6)9/h3-4H,5H2,1-2H3. The van der Waals surface area contributed by atoms with Gasteiger partial charge in [0, 0.05) is 5.57 Å². The molecule has 0 bridgehead atoms. The van der Waals surface area contributed by atoms with E-state index in [1.807, 2.05) is 0 Å². The van der Waals surface area contributed by atoms with Crippen LogP contribution in [0.5, 0.6) is 5.75 Å². The second kappa shape index (κ2) is 3.84. The van der Waals surface area contributed by atoms with Gasteiger partial charge < -0.3 is 13.9 Å². The van der Waals surface area contributed by atoms with Crippen LogP contribution < -0.4 is 10.4 Å². The third-order valence-corrected chi connectivity index (χ3v) is 2.35. The van der Waals surface area contributed by atoms with E-state index >= 15 is 0 Å². The summed E-state index contributed by atoms with van der Waals surface area (Å²) in [6, 6.07) is 1.12. The average molecular weight is 222 g/mol. The van der Waals surface area contributed by atoms with Crippen molar-refractivity contribution in [2.45, 2.75) is 6.92 Å². The number of cyclic esters (lactones) is 1. The Morgan fingerprint density at radius 1 is 1.44 bits per heavy atom. The number of esters is 1. The summed E-state index contributed by atoms with van der Waals surface area (Å²) in [4.78, 5) is 22.8. The maximum absolute atomic E-state index is 11.5. The fourth-order valence-corrected chi connectivity index (χ4v) is 1.55.